The Morgan fingerprint density at radius 1 is 1.08 bits per heavy atom. The van der Waals surface area contributed by atoms with Gasteiger partial charge in [-0.15, -0.1) is 0 Å². The number of aromatic nitrogens is 6. The quantitative estimate of drug-likeness (QED) is 0.331. The SMILES string of the molecule is Cn1cc(C(F)(F)F)nc1-c1ccc(CNc2nc(-c3cncnc3C3CC3)nc3ccoc23)cc1. The van der Waals surface area contributed by atoms with Crippen LogP contribution in [0.4, 0.5) is 19.0 Å². The van der Waals surface area contributed by atoms with Crippen molar-refractivity contribution in [2.24, 2.45) is 7.05 Å². The largest absolute Gasteiger partial charge is 0.459 e. The Kier molecular flexibility index (Phi) is 5.20. The van der Waals surface area contributed by atoms with Crippen LogP contribution in [-0.2, 0) is 19.8 Å². The van der Waals surface area contributed by atoms with Gasteiger partial charge in [-0.1, -0.05) is 24.3 Å². The number of hydrogen-bond donors (Lipinski definition) is 1. The van der Waals surface area contributed by atoms with Crippen LogP contribution in [0.3, 0.4) is 0 Å². The molecule has 1 aliphatic carbocycles. The molecule has 5 aromatic rings. The minimum absolute atomic E-state index is 0.246. The van der Waals surface area contributed by atoms with Gasteiger partial charge in [0.2, 0.25) is 0 Å². The second-order valence-corrected chi connectivity index (χ2v) is 8.74. The van der Waals surface area contributed by atoms with E-state index in [0.29, 0.717) is 40.8 Å². The summed E-state index contributed by atoms with van der Waals surface area (Å²) in [5.74, 6) is 1.72. The predicted octanol–water partition coefficient (Wildman–Crippen LogP) is 5.59. The lowest BCUT2D eigenvalue weighted by molar-refractivity contribution is -0.140. The van der Waals surface area contributed by atoms with E-state index in [-0.39, 0.29) is 5.82 Å². The van der Waals surface area contributed by atoms with Crippen molar-refractivity contribution in [1.29, 1.82) is 0 Å². The first kappa shape index (κ1) is 22.2. The molecule has 1 aliphatic rings. The monoisotopic (exact) mass is 491 g/mol. The molecule has 1 fully saturated rings. The number of furan rings is 1. The molecule has 0 unspecified atom stereocenters. The van der Waals surface area contributed by atoms with Crippen LogP contribution in [0.2, 0.25) is 0 Å². The molecule has 1 saturated carbocycles. The summed E-state index contributed by atoms with van der Waals surface area (Å²) >= 11 is 0. The van der Waals surface area contributed by atoms with E-state index in [9.17, 15) is 13.2 Å². The third kappa shape index (κ3) is 4.16. The number of rotatable bonds is 6. The maximum absolute atomic E-state index is 13.0. The smallest absolute Gasteiger partial charge is 0.434 e. The first-order chi connectivity index (χ1) is 17.4. The number of nitrogens with zero attached hydrogens (tertiary/aromatic N) is 6. The highest BCUT2D eigenvalue weighted by Crippen LogP contribution is 2.42. The van der Waals surface area contributed by atoms with Crippen LogP contribution in [0.1, 0.15) is 35.7 Å². The number of hydrogen-bond acceptors (Lipinski definition) is 7. The van der Waals surface area contributed by atoms with Crippen LogP contribution in [0, 0.1) is 0 Å². The van der Waals surface area contributed by atoms with E-state index < -0.39 is 11.9 Å². The van der Waals surface area contributed by atoms with Crippen LogP contribution in [0.5, 0.6) is 0 Å². The van der Waals surface area contributed by atoms with Crippen molar-refractivity contribution in [3.8, 4) is 22.8 Å². The summed E-state index contributed by atoms with van der Waals surface area (Å²) in [6, 6.07) is 8.94. The van der Waals surface area contributed by atoms with Crippen molar-refractivity contribution in [3.63, 3.8) is 0 Å². The third-order valence-corrected chi connectivity index (χ3v) is 6.09. The minimum atomic E-state index is -4.49. The van der Waals surface area contributed by atoms with Crippen molar-refractivity contribution < 1.29 is 17.6 Å². The Morgan fingerprint density at radius 2 is 1.89 bits per heavy atom. The summed E-state index contributed by atoms with van der Waals surface area (Å²) in [4.78, 5) is 21.7. The molecule has 0 saturated heterocycles. The first-order valence-corrected chi connectivity index (χ1v) is 11.4. The number of alkyl halides is 3. The molecule has 0 amide bonds. The predicted molar refractivity (Wildman–Crippen MR) is 126 cm³/mol. The van der Waals surface area contributed by atoms with E-state index >= 15 is 0 Å². The Hall–Kier alpha value is -4.28. The number of imidazole rings is 1. The molecule has 182 valence electrons. The average molecular weight is 491 g/mol. The molecule has 6 rings (SSSR count). The lowest BCUT2D eigenvalue weighted by atomic mass is 10.1. The second-order valence-electron chi connectivity index (χ2n) is 8.74. The number of anilines is 1. The molecule has 1 aromatic carbocycles. The first-order valence-electron chi connectivity index (χ1n) is 11.4. The van der Waals surface area contributed by atoms with Crippen LogP contribution in [0.25, 0.3) is 33.9 Å². The normalized spacial score (nSPS) is 13.9. The van der Waals surface area contributed by atoms with Crippen molar-refractivity contribution in [2.75, 3.05) is 5.32 Å². The van der Waals surface area contributed by atoms with E-state index in [4.69, 9.17) is 9.40 Å². The Morgan fingerprint density at radius 3 is 2.61 bits per heavy atom. The number of nitrogens with one attached hydrogen (secondary N) is 1. The molecule has 11 heteroatoms. The molecule has 36 heavy (non-hydrogen) atoms. The topological polar surface area (TPSA) is 94.6 Å². The molecular weight excluding hydrogens is 471 g/mol. The summed E-state index contributed by atoms with van der Waals surface area (Å²) in [5, 5.41) is 3.30. The van der Waals surface area contributed by atoms with Gasteiger partial charge in [-0.3, -0.25) is 0 Å². The molecular formula is C25H20F3N7O. The third-order valence-electron chi connectivity index (χ3n) is 6.09. The molecule has 0 radical (unpaired) electrons. The summed E-state index contributed by atoms with van der Waals surface area (Å²) in [6.07, 6.45) is 3.53. The Bertz CT molecular complexity index is 1550. The lowest BCUT2D eigenvalue weighted by Crippen LogP contribution is -2.05. The maximum Gasteiger partial charge on any atom is 0.434 e. The van der Waals surface area contributed by atoms with Gasteiger partial charge in [0.05, 0.1) is 17.5 Å². The summed E-state index contributed by atoms with van der Waals surface area (Å²) in [6.45, 7) is 0.418. The number of aryl methyl sites for hydroxylation is 1. The van der Waals surface area contributed by atoms with Gasteiger partial charge in [-0.05, 0) is 18.4 Å². The second kappa shape index (κ2) is 8.43. The van der Waals surface area contributed by atoms with Gasteiger partial charge in [0.15, 0.2) is 22.9 Å². The highest BCUT2D eigenvalue weighted by molar-refractivity contribution is 5.85. The van der Waals surface area contributed by atoms with Gasteiger partial charge in [0, 0.05) is 43.5 Å². The summed E-state index contributed by atoms with van der Waals surface area (Å²) in [7, 11) is 1.54. The van der Waals surface area contributed by atoms with Gasteiger partial charge in [-0.2, -0.15) is 13.2 Å². The molecule has 4 aromatic heterocycles. The highest BCUT2D eigenvalue weighted by atomic mass is 19.4. The molecule has 8 nitrogen and oxygen atoms in total. The van der Waals surface area contributed by atoms with Gasteiger partial charge >= 0.3 is 6.18 Å². The molecule has 0 spiro atoms. The summed E-state index contributed by atoms with van der Waals surface area (Å²) < 4.78 is 46.0. The lowest BCUT2D eigenvalue weighted by Gasteiger charge is -2.10. The zero-order valence-electron chi connectivity index (χ0n) is 19.1. The maximum atomic E-state index is 13.0. The van der Waals surface area contributed by atoms with Crippen LogP contribution in [0.15, 0.2) is 59.7 Å². The fraction of sp³-hybridized carbons (Fsp3) is 0.240. The van der Waals surface area contributed by atoms with Crippen LogP contribution >= 0.6 is 0 Å². The molecule has 0 aliphatic heterocycles. The zero-order valence-corrected chi connectivity index (χ0v) is 19.1. The molecule has 0 atom stereocenters. The van der Waals surface area contributed by atoms with Crippen molar-refractivity contribution in [2.45, 2.75) is 31.5 Å². The van der Waals surface area contributed by atoms with E-state index in [1.54, 1.807) is 44.0 Å². The fourth-order valence-corrected chi connectivity index (χ4v) is 4.13. The van der Waals surface area contributed by atoms with Gasteiger partial charge in [0.1, 0.15) is 17.7 Å². The van der Waals surface area contributed by atoms with Crippen LogP contribution in [-0.4, -0.2) is 29.5 Å². The van der Waals surface area contributed by atoms with Crippen molar-refractivity contribution in [1.82, 2.24) is 29.5 Å². The summed E-state index contributed by atoms with van der Waals surface area (Å²) in [5.41, 5.74) is 3.55. The molecule has 1 N–H and O–H groups in total. The average Bonchev–Trinajstić information content (AvgIpc) is 3.47. The van der Waals surface area contributed by atoms with E-state index in [2.05, 4.69) is 25.3 Å². The Balaban J connectivity index is 1.25. The van der Waals surface area contributed by atoms with E-state index in [1.807, 2.05) is 12.1 Å². The van der Waals surface area contributed by atoms with E-state index in [0.717, 1.165) is 35.9 Å². The fourth-order valence-electron chi connectivity index (χ4n) is 4.13. The van der Waals surface area contributed by atoms with Crippen molar-refractivity contribution in [3.05, 3.63) is 72.3 Å². The number of fused-ring (bicyclic) bond motifs is 1. The highest BCUT2D eigenvalue weighted by Gasteiger charge is 2.34. The Labute approximate surface area is 203 Å². The molecule has 4 heterocycles. The standard InChI is InChI=1S/C25H20F3N7O/c1-35-12-19(25(26,27)28)33-24(35)16-4-2-14(3-5-16)10-30-23-21-18(8-9-36-21)32-22(34-23)17-11-29-13-31-20(17)15-6-7-15/h2-5,8-9,11-13,15H,6-7,10H2,1H3,(H,30,32,34). The number of benzene rings is 1. The van der Waals surface area contributed by atoms with Gasteiger partial charge < -0.3 is 14.3 Å². The van der Waals surface area contributed by atoms with Gasteiger partial charge in [0.25, 0.3) is 0 Å². The molecule has 0 bridgehead atoms. The zero-order chi connectivity index (χ0) is 24.9. The van der Waals surface area contributed by atoms with Crippen molar-refractivity contribution >= 4 is 16.9 Å². The van der Waals surface area contributed by atoms with E-state index in [1.165, 1.54) is 4.57 Å². The number of halogens is 3. The van der Waals surface area contributed by atoms with Gasteiger partial charge in [-0.25, -0.2) is 24.9 Å². The van der Waals surface area contributed by atoms with Crippen LogP contribution < -0.4 is 5.32 Å². The minimum Gasteiger partial charge on any atom is -0.459 e.